The molecule has 1 aromatic rings. The van der Waals surface area contributed by atoms with E-state index < -0.39 is 4.92 Å². The molecule has 7 heteroatoms. The first-order chi connectivity index (χ1) is 9.20. The van der Waals surface area contributed by atoms with E-state index >= 15 is 0 Å². The van der Waals surface area contributed by atoms with Crippen LogP contribution in [0.2, 0.25) is 0 Å². The maximum Gasteiger partial charge on any atom is 0.312 e. The molecular formula is C12H15N5O2. The zero-order valence-electron chi connectivity index (χ0n) is 10.4. The number of pyridine rings is 1. The molecule has 0 amide bonds. The van der Waals surface area contributed by atoms with Crippen molar-refractivity contribution in [1.82, 2.24) is 10.3 Å². The molecule has 0 aromatic carbocycles. The van der Waals surface area contributed by atoms with Crippen LogP contribution in [0.5, 0.6) is 0 Å². The minimum Gasteiger partial charge on any atom is -0.364 e. The van der Waals surface area contributed by atoms with Gasteiger partial charge in [-0.15, -0.1) is 0 Å². The van der Waals surface area contributed by atoms with Gasteiger partial charge in [-0.05, 0) is 25.8 Å². The third-order valence-corrected chi connectivity index (χ3v) is 3.14. The van der Waals surface area contributed by atoms with Crippen molar-refractivity contribution in [3.63, 3.8) is 0 Å². The maximum absolute atomic E-state index is 10.9. The standard InChI is InChI=1S/C12H15N5O2/c13-7-9-6-11(17(18)19)12(16-8-9)15-5-3-10-2-1-4-14-10/h6,8,10,14H,1-5H2,(H,15,16)/t10-/m0/s1. The Labute approximate surface area is 110 Å². The molecule has 1 aromatic heterocycles. The molecule has 2 heterocycles. The van der Waals surface area contributed by atoms with E-state index in [1.54, 1.807) is 0 Å². The number of nitrogens with one attached hydrogen (secondary N) is 2. The van der Waals surface area contributed by atoms with Crippen LogP contribution in [0.15, 0.2) is 12.3 Å². The van der Waals surface area contributed by atoms with Gasteiger partial charge in [0.2, 0.25) is 5.82 Å². The van der Waals surface area contributed by atoms with Crippen LogP contribution < -0.4 is 10.6 Å². The molecule has 0 bridgehead atoms. The third-order valence-electron chi connectivity index (χ3n) is 3.14. The zero-order valence-corrected chi connectivity index (χ0v) is 10.4. The van der Waals surface area contributed by atoms with Gasteiger partial charge in [-0.1, -0.05) is 0 Å². The monoisotopic (exact) mass is 261 g/mol. The highest BCUT2D eigenvalue weighted by Crippen LogP contribution is 2.22. The molecule has 2 N–H and O–H groups in total. The second-order valence-electron chi connectivity index (χ2n) is 4.47. The highest BCUT2D eigenvalue weighted by Gasteiger charge is 2.17. The van der Waals surface area contributed by atoms with Crippen LogP contribution >= 0.6 is 0 Å². The van der Waals surface area contributed by atoms with Crippen molar-refractivity contribution in [3.05, 3.63) is 27.9 Å². The van der Waals surface area contributed by atoms with E-state index in [4.69, 9.17) is 5.26 Å². The fourth-order valence-corrected chi connectivity index (χ4v) is 2.16. The van der Waals surface area contributed by atoms with Gasteiger partial charge in [0.05, 0.1) is 10.5 Å². The van der Waals surface area contributed by atoms with Crippen molar-refractivity contribution in [2.45, 2.75) is 25.3 Å². The van der Waals surface area contributed by atoms with Crippen LogP contribution in [0.4, 0.5) is 11.5 Å². The quantitative estimate of drug-likeness (QED) is 0.613. The summed E-state index contributed by atoms with van der Waals surface area (Å²) in [5, 5.41) is 26.0. The first-order valence-corrected chi connectivity index (χ1v) is 6.22. The fourth-order valence-electron chi connectivity index (χ4n) is 2.16. The van der Waals surface area contributed by atoms with E-state index in [1.807, 2.05) is 6.07 Å². The van der Waals surface area contributed by atoms with Crippen LogP contribution in [0.3, 0.4) is 0 Å². The third kappa shape index (κ3) is 3.39. The van der Waals surface area contributed by atoms with Gasteiger partial charge >= 0.3 is 5.69 Å². The lowest BCUT2D eigenvalue weighted by atomic mass is 10.1. The number of hydrogen-bond donors (Lipinski definition) is 2. The number of rotatable bonds is 5. The molecule has 0 spiro atoms. The molecule has 1 fully saturated rings. The van der Waals surface area contributed by atoms with Crippen molar-refractivity contribution in [2.75, 3.05) is 18.4 Å². The molecule has 7 nitrogen and oxygen atoms in total. The Morgan fingerprint density at radius 1 is 1.68 bits per heavy atom. The van der Waals surface area contributed by atoms with Crippen molar-refractivity contribution in [2.24, 2.45) is 0 Å². The Morgan fingerprint density at radius 3 is 3.16 bits per heavy atom. The predicted octanol–water partition coefficient (Wildman–Crippen LogP) is 1.42. The van der Waals surface area contributed by atoms with Gasteiger partial charge in [0, 0.05) is 24.8 Å². The average molecular weight is 261 g/mol. The topological polar surface area (TPSA) is 104 Å². The summed E-state index contributed by atoms with van der Waals surface area (Å²) < 4.78 is 0. The molecule has 1 aliphatic rings. The SMILES string of the molecule is N#Cc1cnc(NCC[C@@H]2CCCN2)c([N+](=O)[O-])c1. The van der Waals surface area contributed by atoms with E-state index in [1.165, 1.54) is 18.7 Å². The largest absolute Gasteiger partial charge is 0.364 e. The number of nitriles is 1. The summed E-state index contributed by atoms with van der Waals surface area (Å²) in [6, 6.07) is 3.56. The van der Waals surface area contributed by atoms with E-state index in [9.17, 15) is 10.1 Å². The zero-order chi connectivity index (χ0) is 13.7. The normalized spacial score (nSPS) is 17.9. The minimum atomic E-state index is -0.524. The molecule has 19 heavy (non-hydrogen) atoms. The summed E-state index contributed by atoms with van der Waals surface area (Å²) in [4.78, 5) is 14.3. The van der Waals surface area contributed by atoms with Gasteiger partial charge < -0.3 is 10.6 Å². The smallest absolute Gasteiger partial charge is 0.312 e. The lowest BCUT2D eigenvalue weighted by molar-refractivity contribution is -0.384. The van der Waals surface area contributed by atoms with E-state index in [0.29, 0.717) is 12.6 Å². The molecule has 0 unspecified atom stereocenters. The Hall–Kier alpha value is -2.20. The first-order valence-electron chi connectivity index (χ1n) is 6.22. The molecule has 1 saturated heterocycles. The van der Waals surface area contributed by atoms with Crippen molar-refractivity contribution in [1.29, 1.82) is 5.26 Å². The molecule has 2 rings (SSSR count). The lowest BCUT2D eigenvalue weighted by Gasteiger charge is -2.11. The molecule has 0 aliphatic carbocycles. The predicted molar refractivity (Wildman–Crippen MR) is 69.7 cm³/mol. The Kier molecular flexibility index (Phi) is 4.26. The number of anilines is 1. The van der Waals surface area contributed by atoms with Crippen LogP contribution in [0, 0.1) is 21.4 Å². The minimum absolute atomic E-state index is 0.154. The molecule has 1 atom stereocenters. The van der Waals surface area contributed by atoms with E-state index in [0.717, 1.165) is 19.4 Å². The maximum atomic E-state index is 10.9. The second-order valence-corrected chi connectivity index (χ2v) is 4.47. The van der Waals surface area contributed by atoms with E-state index in [-0.39, 0.29) is 17.1 Å². The Morgan fingerprint density at radius 2 is 2.53 bits per heavy atom. The first kappa shape index (κ1) is 13.2. The number of nitrogens with zero attached hydrogens (tertiary/aromatic N) is 3. The highest BCUT2D eigenvalue weighted by molar-refractivity contribution is 5.58. The molecule has 0 radical (unpaired) electrons. The van der Waals surface area contributed by atoms with Gasteiger partial charge in [0.15, 0.2) is 0 Å². The van der Waals surface area contributed by atoms with Crippen molar-refractivity contribution in [3.8, 4) is 6.07 Å². The summed E-state index contributed by atoms with van der Waals surface area (Å²) in [6.07, 6.45) is 4.56. The van der Waals surface area contributed by atoms with Crippen LogP contribution in [0.25, 0.3) is 0 Å². The lowest BCUT2D eigenvalue weighted by Crippen LogP contribution is -2.24. The number of nitro groups is 1. The second kappa shape index (κ2) is 6.11. The number of aromatic nitrogens is 1. The molecular weight excluding hydrogens is 246 g/mol. The van der Waals surface area contributed by atoms with Crippen LogP contribution in [-0.2, 0) is 0 Å². The Balaban J connectivity index is 1.98. The van der Waals surface area contributed by atoms with Gasteiger partial charge in [-0.25, -0.2) is 4.98 Å². The van der Waals surface area contributed by atoms with Crippen LogP contribution in [0.1, 0.15) is 24.8 Å². The summed E-state index contributed by atoms with van der Waals surface area (Å²) >= 11 is 0. The summed E-state index contributed by atoms with van der Waals surface area (Å²) in [5.41, 5.74) is 0.0353. The average Bonchev–Trinajstić information content (AvgIpc) is 2.92. The van der Waals surface area contributed by atoms with Gasteiger partial charge in [-0.3, -0.25) is 10.1 Å². The molecule has 100 valence electrons. The van der Waals surface area contributed by atoms with E-state index in [2.05, 4.69) is 15.6 Å². The Bertz CT molecular complexity index is 505. The van der Waals surface area contributed by atoms with Gasteiger partial charge in [-0.2, -0.15) is 5.26 Å². The molecule has 1 aliphatic heterocycles. The van der Waals surface area contributed by atoms with Crippen molar-refractivity contribution < 1.29 is 4.92 Å². The highest BCUT2D eigenvalue weighted by atomic mass is 16.6. The van der Waals surface area contributed by atoms with Gasteiger partial charge in [0.1, 0.15) is 6.07 Å². The summed E-state index contributed by atoms with van der Waals surface area (Å²) in [7, 11) is 0. The summed E-state index contributed by atoms with van der Waals surface area (Å²) in [5.74, 6) is 0.224. The van der Waals surface area contributed by atoms with Crippen LogP contribution in [-0.4, -0.2) is 29.0 Å². The van der Waals surface area contributed by atoms with Crippen molar-refractivity contribution >= 4 is 11.5 Å². The van der Waals surface area contributed by atoms with Gasteiger partial charge in [0.25, 0.3) is 0 Å². The fraction of sp³-hybridized carbons (Fsp3) is 0.500. The number of hydrogen-bond acceptors (Lipinski definition) is 6. The summed E-state index contributed by atoms with van der Waals surface area (Å²) in [6.45, 7) is 1.66. The molecule has 0 saturated carbocycles.